The van der Waals surface area contributed by atoms with Crippen molar-refractivity contribution >= 4 is 5.97 Å². The highest BCUT2D eigenvalue weighted by Crippen LogP contribution is 2.10. The molecule has 2 N–H and O–H groups in total. The molecule has 0 spiro atoms. The van der Waals surface area contributed by atoms with Gasteiger partial charge in [-0.1, -0.05) is 51.9 Å². The van der Waals surface area contributed by atoms with Crippen LogP contribution >= 0.6 is 0 Å². The summed E-state index contributed by atoms with van der Waals surface area (Å²) in [7, 11) is 0. The number of unbranched alkanes of at least 4 members (excludes halogenated alkanes) is 6. The summed E-state index contributed by atoms with van der Waals surface area (Å²) in [4.78, 5) is 10.2. The van der Waals surface area contributed by atoms with E-state index < -0.39 is 18.2 Å². The minimum atomic E-state index is -1.75. The van der Waals surface area contributed by atoms with Gasteiger partial charge in [-0.15, -0.1) is 0 Å². The van der Waals surface area contributed by atoms with E-state index in [0.29, 0.717) is 6.42 Å². The van der Waals surface area contributed by atoms with E-state index in [1.807, 2.05) is 0 Å². The Bertz CT molecular complexity index is 182. The van der Waals surface area contributed by atoms with Crippen molar-refractivity contribution in [2.24, 2.45) is 0 Å². The largest absolute Gasteiger partial charge is 0.547 e. The quantitative estimate of drug-likeness (QED) is 0.539. The van der Waals surface area contributed by atoms with Crippen LogP contribution < -0.4 is 5.11 Å². The number of hydrogen-bond acceptors (Lipinski definition) is 4. The highest BCUT2D eigenvalue weighted by atomic mass is 16.4. The van der Waals surface area contributed by atoms with Crippen LogP contribution in [0.2, 0.25) is 0 Å². The maximum Gasteiger partial charge on any atom is 0.119 e. The van der Waals surface area contributed by atoms with Crippen molar-refractivity contribution in [1.82, 2.24) is 0 Å². The predicted molar refractivity (Wildman–Crippen MR) is 59.6 cm³/mol. The van der Waals surface area contributed by atoms with Gasteiger partial charge in [-0.3, -0.25) is 0 Å². The van der Waals surface area contributed by atoms with Gasteiger partial charge >= 0.3 is 0 Å². The fourth-order valence-corrected chi connectivity index (χ4v) is 1.63. The predicted octanol–water partition coefficient (Wildman–Crippen LogP) is 0.599. The Morgan fingerprint density at radius 3 is 2.06 bits per heavy atom. The Balaban J connectivity index is 3.34. The number of carbonyl (C=O) groups excluding carboxylic acids is 1. The van der Waals surface area contributed by atoms with Crippen LogP contribution in [-0.4, -0.2) is 28.4 Å². The molecule has 0 saturated carbocycles. The molecule has 0 radical (unpaired) electrons. The summed E-state index contributed by atoms with van der Waals surface area (Å²) in [6.45, 7) is 2.16. The molecule has 0 fully saturated rings. The Hall–Kier alpha value is -0.610. The van der Waals surface area contributed by atoms with E-state index in [4.69, 9.17) is 5.11 Å². The molecule has 0 heterocycles. The third kappa shape index (κ3) is 7.65. The van der Waals surface area contributed by atoms with Crippen molar-refractivity contribution in [1.29, 1.82) is 0 Å². The Morgan fingerprint density at radius 2 is 1.56 bits per heavy atom. The van der Waals surface area contributed by atoms with Gasteiger partial charge < -0.3 is 20.1 Å². The number of rotatable bonds is 10. The molecule has 16 heavy (non-hydrogen) atoms. The first-order valence-corrected chi connectivity index (χ1v) is 6.16. The van der Waals surface area contributed by atoms with E-state index in [2.05, 4.69) is 6.92 Å². The Morgan fingerprint density at radius 1 is 1.06 bits per heavy atom. The average Bonchev–Trinajstić information content (AvgIpc) is 2.26. The van der Waals surface area contributed by atoms with Crippen LogP contribution in [0.15, 0.2) is 0 Å². The monoisotopic (exact) mass is 231 g/mol. The lowest BCUT2D eigenvalue weighted by Crippen LogP contribution is -2.43. The van der Waals surface area contributed by atoms with Crippen LogP contribution in [0.5, 0.6) is 0 Å². The molecule has 0 saturated heterocycles. The van der Waals surface area contributed by atoms with Crippen molar-refractivity contribution in [3.63, 3.8) is 0 Å². The van der Waals surface area contributed by atoms with Crippen LogP contribution in [0.3, 0.4) is 0 Å². The SMILES string of the molecule is CCCCCCCCCC(O)C(O)C(=O)[O-]. The molecule has 0 aliphatic heterocycles. The first kappa shape index (κ1) is 15.4. The molecular formula is C12H23O4-. The van der Waals surface area contributed by atoms with Gasteiger partial charge in [0.2, 0.25) is 0 Å². The molecule has 0 aromatic rings. The van der Waals surface area contributed by atoms with Crippen LogP contribution in [0.1, 0.15) is 58.3 Å². The Labute approximate surface area is 97.3 Å². The first-order valence-electron chi connectivity index (χ1n) is 6.16. The normalized spacial score (nSPS) is 14.7. The molecule has 4 heteroatoms. The van der Waals surface area contributed by atoms with Crippen LogP contribution in [0.4, 0.5) is 0 Å². The lowest BCUT2D eigenvalue weighted by molar-refractivity contribution is -0.318. The van der Waals surface area contributed by atoms with Gasteiger partial charge in [0.1, 0.15) is 6.10 Å². The zero-order valence-corrected chi connectivity index (χ0v) is 10.0. The van der Waals surface area contributed by atoms with Gasteiger partial charge in [-0.2, -0.15) is 0 Å². The number of carbonyl (C=O) groups is 1. The minimum Gasteiger partial charge on any atom is -0.547 e. The number of aliphatic hydroxyl groups is 2. The molecule has 0 amide bonds. The summed E-state index contributed by atoms with van der Waals surface area (Å²) < 4.78 is 0. The van der Waals surface area contributed by atoms with Crippen LogP contribution in [0, 0.1) is 0 Å². The molecule has 0 aliphatic rings. The molecule has 0 aromatic heterocycles. The van der Waals surface area contributed by atoms with Crippen molar-refractivity contribution in [3.8, 4) is 0 Å². The fourth-order valence-electron chi connectivity index (χ4n) is 1.63. The second-order valence-electron chi connectivity index (χ2n) is 4.24. The lowest BCUT2D eigenvalue weighted by atomic mass is 10.0. The van der Waals surface area contributed by atoms with Crippen molar-refractivity contribution in [2.45, 2.75) is 70.5 Å². The van der Waals surface area contributed by atoms with Gasteiger partial charge in [0.05, 0.1) is 12.1 Å². The van der Waals surface area contributed by atoms with E-state index >= 15 is 0 Å². The number of carboxylic acids is 1. The fraction of sp³-hybridized carbons (Fsp3) is 0.917. The number of carboxylic acid groups (broad SMARTS) is 1. The maximum absolute atomic E-state index is 10.2. The van der Waals surface area contributed by atoms with E-state index in [0.717, 1.165) is 19.3 Å². The Kier molecular flexibility index (Phi) is 9.24. The third-order valence-electron chi connectivity index (χ3n) is 2.71. The van der Waals surface area contributed by atoms with Crippen molar-refractivity contribution in [2.75, 3.05) is 0 Å². The van der Waals surface area contributed by atoms with Gasteiger partial charge in [0, 0.05) is 0 Å². The average molecular weight is 231 g/mol. The molecule has 96 valence electrons. The van der Waals surface area contributed by atoms with Gasteiger partial charge in [0.25, 0.3) is 0 Å². The topological polar surface area (TPSA) is 80.6 Å². The second-order valence-corrected chi connectivity index (χ2v) is 4.24. The summed E-state index contributed by atoms with van der Waals surface area (Å²) in [5.41, 5.74) is 0. The molecule has 2 unspecified atom stereocenters. The molecule has 0 bridgehead atoms. The van der Waals surface area contributed by atoms with Gasteiger partial charge in [-0.05, 0) is 6.42 Å². The van der Waals surface area contributed by atoms with Gasteiger partial charge in [-0.25, -0.2) is 0 Å². The standard InChI is InChI=1S/C12H24O4/c1-2-3-4-5-6-7-8-9-10(13)11(14)12(15)16/h10-11,13-14H,2-9H2,1H3,(H,15,16)/p-1. The molecule has 2 atom stereocenters. The summed E-state index contributed by atoms with van der Waals surface area (Å²) >= 11 is 0. The minimum absolute atomic E-state index is 0.322. The first-order chi connectivity index (χ1) is 7.59. The van der Waals surface area contributed by atoms with Crippen molar-refractivity contribution < 1.29 is 20.1 Å². The summed E-state index contributed by atoms with van der Waals surface area (Å²) in [6.07, 6.45) is 5.10. The number of hydrogen-bond donors (Lipinski definition) is 2. The van der Waals surface area contributed by atoms with E-state index in [1.54, 1.807) is 0 Å². The highest BCUT2D eigenvalue weighted by molar-refractivity contribution is 5.70. The second kappa shape index (κ2) is 9.60. The summed E-state index contributed by atoms with van der Waals surface area (Å²) in [5, 5.41) is 28.4. The molecule has 0 rings (SSSR count). The van der Waals surface area contributed by atoms with Crippen LogP contribution in [0.25, 0.3) is 0 Å². The summed E-state index contributed by atoms with van der Waals surface area (Å²) in [6, 6.07) is 0. The molecule has 0 aliphatic carbocycles. The van der Waals surface area contributed by atoms with E-state index in [1.165, 1.54) is 25.7 Å². The van der Waals surface area contributed by atoms with Crippen LogP contribution in [-0.2, 0) is 4.79 Å². The maximum atomic E-state index is 10.2. The van der Waals surface area contributed by atoms with E-state index in [-0.39, 0.29) is 0 Å². The zero-order valence-electron chi connectivity index (χ0n) is 10.0. The van der Waals surface area contributed by atoms with Gasteiger partial charge in [0.15, 0.2) is 0 Å². The lowest BCUT2D eigenvalue weighted by Gasteiger charge is -2.18. The zero-order chi connectivity index (χ0) is 12.4. The smallest absolute Gasteiger partial charge is 0.119 e. The third-order valence-corrected chi connectivity index (χ3v) is 2.71. The molecule has 4 nitrogen and oxygen atoms in total. The number of aliphatic carboxylic acids is 1. The van der Waals surface area contributed by atoms with E-state index in [9.17, 15) is 15.0 Å². The molecular weight excluding hydrogens is 208 g/mol. The highest BCUT2D eigenvalue weighted by Gasteiger charge is 2.16. The van der Waals surface area contributed by atoms with Crippen molar-refractivity contribution in [3.05, 3.63) is 0 Å². The number of aliphatic hydroxyl groups excluding tert-OH is 2. The summed E-state index contributed by atoms with van der Waals surface area (Å²) in [5.74, 6) is -1.60. The molecule has 0 aromatic carbocycles.